The Hall–Kier alpha value is -1.27. The summed E-state index contributed by atoms with van der Waals surface area (Å²) in [5.41, 5.74) is 0.709. The first-order valence-electron chi connectivity index (χ1n) is 7.20. The van der Waals surface area contributed by atoms with Gasteiger partial charge in [-0.15, -0.1) is 0 Å². The van der Waals surface area contributed by atoms with Crippen LogP contribution in [0.15, 0.2) is 23.2 Å². The highest BCUT2D eigenvalue weighted by Crippen LogP contribution is 2.36. The third kappa shape index (κ3) is 3.32. The van der Waals surface area contributed by atoms with Crippen molar-refractivity contribution in [2.75, 3.05) is 30.9 Å². The third-order valence-electron chi connectivity index (χ3n) is 3.72. The van der Waals surface area contributed by atoms with Gasteiger partial charge in [-0.3, -0.25) is 4.99 Å². The van der Waals surface area contributed by atoms with Crippen molar-refractivity contribution >= 4 is 22.6 Å². The minimum absolute atomic E-state index is 0.00899. The number of anilines is 1. The van der Waals surface area contributed by atoms with E-state index in [0.29, 0.717) is 12.3 Å². The quantitative estimate of drug-likeness (QED) is 0.930. The lowest BCUT2D eigenvalue weighted by atomic mass is 9.93. The number of aliphatic imine (C=N–C) groups is 1. The molecule has 6 heteroatoms. The maximum atomic E-state index is 13.8. The molecule has 1 spiro atoms. The van der Waals surface area contributed by atoms with Gasteiger partial charge in [0.05, 0.1) is 12.1 Å². The summed E-state index contributed by atoms with van der Waals surface area (Å²) in [5.74, 6) is 0.897. The molecule has 1 aromatic carbocycles. The molecule has 0 bridgehead atoms. The zero-order valence-electron chi connectivity index (χ0n) is 12.0. The Balaban J connectivity index is 1.69. The van der Waals surface area contributed by atoms with Gasteiger partial charge in [-0.05, 0) is 31.9 Å². The van der Waals surface area contributed by atoms with Gasteiger partial charge < -0.3 is 14.8 Å². The van der Waals surface area contributed by atoms with E-state index >= 15 is 0 Å². The highest BCUT2D eigenvalue weighted by molar-refractivity contribution is 8.14. The van der Waals surface area contributed by atoms with Crippen LogP contribution in [-0.4, -0.2) is 36.3 Å². The number of nitrogens with zero attached hydrogens (tertiary/aromatic N) is 1. The van der Waals surface area contributed by atoms with Gasteiger partial charge in [-0.25, -0.2) is 4.39 Å². The smallest absolute Gasteiger partial charge is 0.167 e. The molecular weight excluding hydrogens is 291 g/mol. The number of amidine groups is 1. The van der Waals surface area contributed by atoms with E-state index in [4.69, 9.17) is 14.5 Å². The molecule has 4 nitrogen and oxygen atoms in total. The summed E-state index contributed by atoms with van der Waals surface area (Å²) >= 11 is 1.69. The third-order valence-corrected chi connectivity index (χ3v) is 4.87. The molecule has 2 heterocycles. The summed E-state index contributed by atoms with van der Waals surface area (Å²) < 4.78 is 24.4. The Morgan fingerprint density at radius 1 is 1.43 bits per heavy atom. The second-order valence-electron chi connectivity index (χ2n) is 5.25. The number of rotatable bonds is 3. The normalized spacial score (nSPS) is 20.4. The van der Waals surface area contributed by atoms with Crippen LogP contribution in [0.1, 0.15) is 19.8 Å². The molecule has 2 aliphatic rings. The first kappa shape index (κ1) is 14.7. The summed E-state index contributed by atoms with van der Waals surface area (Å²) in [5, 5.41) is 4.06. The molecule has 0 atom stereocenters. The number of hydrogen-bond donors (Lipinski definition) is 1. The lowest BCUT2D eigenvalue weighted by Crippen LogP contribution is -2.34. The number of benzene rings is 1. The first-order chi connectivity index (χ1) is 10.2. The predicted molar refractivity (Wildman–Crippen MR) is 83.9 cm³/mol. The van der Waals surface area contributed by atoms with Crippen LogP contribution in [-0.2, 0) is 4.74 Å². The molecule has 0 amide bonds. The van der Waals surface area contributed by atoms with Gasteiger partial charge >= 0.3 is 0 Å². The van der Waals surface area contributed by atoms with Crippen LogP contribution in [0.3, 0.4) is 0 Å². The van der Waals surface area contributed by atoms with E-state index in [2.05, 4.69) is 5.32 Å². The van der Waals surface area contributed by atoms with Gasteiger partial charge in [-0.1, -0.05) is 11.8 Å². The van der Waals surface area contributed by atoms with Crippen molar-refractivity contribution in [3.8, 4) is 5.75 Å². The summed E-state index contributed by atoms with van der Waals surface area (Å²) in [6.45, 7) is 3.84. The summed E-state index contributed by atoms with van der Waals surface area (Å²) in [6, 6.07) is 4.90. The van der Waals surface area contributed by atoms with E-state index in [1.54, 1.807) is 17.8 Å². The van der Waals surface area contributed by atoms with Crippen molar-refractivity contribution < 1.29 is 13.9 Å². The van der Waals surface area contributed by atoms with Crippen LogP contribution in [0.25, 0.3) is 0 Å². The topological polar surface area (TPSA) is 42.8 Å². The molecule has 0 aliphatic carbocycles. The Morgan fingerprint density at radius 2 is 2.24 bits per heavy atom. The van der Waals surface area contributed by atoms with Gasteiger partial charge in [0.15, 0.2) is 16.7 Å². The first-order valence-corrected chi connectivity index (χ1v) is 8.19. The van der Waals surface area contributed by atoms with Gasteiger partial charge in [0.25, 0.3) is 0 Å². The number of halogens is 1. The molecule has 1 N–H and O–H groups in total. The lowest BCUT2D eigenvalue weighted by molar-refractivity contribution is 0.0624. The molecule has 3 rings (SSSR count). The predicted octanol–water partition coefficient (Wildman–Crippen LogP) is 3.29. The molecule has 0 unspecified atom stereocenters. The van der Waals surface area contributed by atoms with Gasteiger partial charge in [0, 0.05) is 30.7 Å². The summed E-state index contributed by atoms with van der Waals surface area (Å²) in [4.78, 5) is 4.80. The molecule has 0 saturated carbocycles. The van der Waals surface area contributed by atoms with Gasteiger partial charge in [-0.2, -0.15) is 0 Å². The molecule has 21 heavy (non-hydrogen) atoms. The minimum Gasteiger partial charge on any atom is -0.491 e. The van der Waals surface area contributed by atoms with Crippen molar-refractivity contribution in [2.24, 2.45) is 4.99 Å². The zero-order valence-corrected chi connectivity index (χ0v) is 12.8. The average molecular weight is 310 g/mol. The van der Waals surface area contributed by atoms with Crippen molar-refractivity contribution in [3.05, 3.63) is 24.0 Å². The van der Waals surface area contributed by atoms with Crippen LogP contribution in [0.5, 0.6) is 5.75 Å². The number of ether oxygens (including phenoxy) is 2. The number of thioether (sulfide) groups is 1. The Labute approximate surface area is 128 Å². The summed E-state index contributed by atoms with van der Waals surface area (Å²) in [7, 11) is 0. The monoisotopic (exact) mass is 310 g/mol. The van der Waals surface area contributed by atoms with Crippen LogP contribution in [0.2, 0.25) is 0 Å². The largest absolute Gasteiger partial charge is 0.491 e. The molecule has 0 radical (unpaired) electrons. The second-order valence-corrected chi connectivity index (χ2v) is 6.21. The highest BCUT2D eigenvalue weighted by Gasteiger charge is 2.37. The molecule has 1 fully saturated rings. The van der Waals surface area contributed by atoms with E-state index in [9.17, 15) is 4.39 Å². The van der Waals surface area contributed by atoms with Crippen LogP contribution in [0.4, 0.5) is 10.1 Å². The van der Waals surface area contributed by atoms with E-state index < -0.39 is 0 Å². The fourth-order valence-electron chi connectivity index (χ4n) is 2.53. The van der Waals surface area contributed by atoms with E-state index in [1.807, 2.05) is 13.0 Å². The van der Waals surface area contributed by atoms with Crippen molar-refractivity contribution in [2.45, 2.75) is 25.3 Å². The average Bonchev–Trinajstić information content (AvgIpc) is 2.85. The van der Waals surface area contributed by atoms with Crippen LogP contribution < -0.4 is 10.1 Å². The molecule has 1 aromatic rings. The molecular formula is C15H19FN2O2S. The number of nitrogens with one attached hydrogen (secondary N) is 1. The van der Waals surface area contributed by atoms with Crippen molar-refractivity contribution in [1.29, 1.82) is 0 Å². The SMILES string of the molecule is CCOc1ccc(NC2=NC3(CCOCC3)CS2)cc1F. The minimum atomic E-state index is -0.355. The Kier molecular flexibility index (Phi) is 4.35. The molecule has 2 aliphatic heterocycles. The maximum Gasteiger partial charge on any atom is 0.167 e. The fraction of sp³-hybridized carbons (Fsp3) is 0.533. The van der Waals surface area contributed by atoms with E-state index in [0.717, 1.165) is 37.0 Å². The van der Waals surface area contributed by atoms with Gasteiger partial charge in [0.2, 0.25) is 0 Å². The van der Waals surface area contributed by atoms with Crippen LogP contribution in [0, 0.1) is 5.82 Å². The molecule has 114 valence electrons. The van der Waals surface area contributed by atoms with E-state index in [1.165, 1.54) is 6.07 Å². The van der Waals surface area contributed by atoms with Crippen molar-refractivity contribution in [3.63, 3.8) is 0 Å². The van der Waals surface area contributed by atoms with Crippen molar-refractivity contribution in [1.82, 2.24) is 0 Å². The Morgan fingerprint density at radius 3 is 2.95 bits per heavy atom. The highest BCUT2D eigenvalue weighted by atomic mass is 32.2. The van der Waals surface area contributed by atoms with Crippen LogP contribution >= 0.6 is 11.8 Å². The van der Waals surface area contributed by atoms with Gasteiger partial charge in [0.1, 0.15) is 0 Å². The maximum absolute atomic E-state index is 13.8. The molecule has 1 saturated heterocycles. The number of hydrogen-bond acceptors (Lipinski definition) is 5. The zero-order chi connectivity index (χ0) is 14.7. The second kappa shape index (κ2) is 6.23. The fourth-order valence-corrected chi connectivity index (χ4v) is 3.74. The van der Waals surface area contributed by atoms with E-state index in [-0.39, 0.29) is 17.1 Å². The Bertz CT molecular complexity index is 544. The molecule has 0 aromatic heterocycles. The summed E-state index contributed by atoms with van der Waals surface area (Å²) in [6.07, 6.45) is 1.92. The standard InChI is InChI=1S/C15H19FN2O2S/c1-2-20-13-4-3-11(9-12(13)16)17-14-18-15(10-21-14)5-7-19-8-6-15/h3-4,9H,2,5-8,10H2,1H3,(H,17,18). The lowest BCUT2D eigenvalue weighted by Gasteiger charge is -2.29.